The molecule has 0 aliphatic rings. The van der Waals surface area contributed by atoms with Gasteiger partial charge in [-0.25, -0.2) is 0 Å². The summed E-state index contributed by atoms with van der Waals surface area (Å²) >= 11 is 0. The van der Waals surface area contributed by atoms with Gasteiger partial charge in [0.2, 0.25) is 0 Å². The van der Waals surface area contributed by atoms with Crippen molar-refractivity contribution in [1.82, 2.24) is 10.2 Å². The first-order valence-corrected chi connectivity index (χ1v) is 29.2. The second-order valence-corrected chi connectivity index (χ2v) is 21.2. The normalized spacial score (nSPS) is 13.5. The van der Waals surface area contributed by atoms with Crippen LogP contribution in [0.4, 0.5) is 0 Å². The zero-order chi connectivity index (χ0) is 55.1. The summed E-state index contributed by atoms with van der Waals surface area (Å²) in [6, 6.07) is 12.6. The predicted molar refractivity (Wildman–Crippen MR) is 328 cm³/mol. The molecule has 0 atom stereocenters. The van der Waals surface area contributed by atoms with Crippen LogP contribution in [0.5, 0.6) is 23.0 Å². The van der Waals surface area contributed by atoms with Gasteiger partial charge in [0.15, 0.2) is 23.0 Å². The fraction of sp³-hybridized carbons (Fsp3) is 0.565. The fourth-order valence-corrected chi connectivity index (χ4v) is 8.88. The highest BCUT2D eigenvalue weighted by Crippen LogP contribution is 2.30. The molecular weight excluding hydrogens is 921 g/mol. The first kappa shape index (κ1) is 66.3. The zero-order valence-electron chi connectivity index (χ0n) is 50.4. The van der Waals surface area contributed by atoms with Crippen LogP contribution in [0.25, 0.3) is 0 Å². The molecule has 75 heavy (non-hydrogen) atoms. The summed E-state index contributed by atoms with van der Waals surface area (Å²) < 4.78 is 23.5. The number of rotatable bonds is 41. The molecule has 0 aliphatic heterocycles. The highest BCUT2D eigenvalue weighted by atomic mass is 16.5. The maximum Gasteiger partial charge on any atom is 0.161 e. The summed E-state index contributed by atoms with van der Waals surface area (Å²) in [5, 5.41) is 3.67. The van der Waals surface area contributed by atoms with E-state index in [1.165, 1.54) is 80.5 Å². The van der Waals surface area contributed by atoms with E-state index in [-0.39, 0.29) is 0 Å². The molecule has 0 saturated heterocycles. The molecule has 0 spiro atoms. The summed E-state index contributed by atoms with van der Waals surface area (Å²) in [6.45, 7) is 37.4. The fourth-order valence-electron chi connectivity index (χ4n) is 8.88. The Kier molecular flexibility index (Phi) is 36.6. The number of ether oxygens (including phenoxy) is 4. The molecule has 0 aliphatic carbocycles. The smallest absolute Gasteiger partial charge is 0.161 e. The summed E-state index contributed by atoms with van der Waals surface area (Å²) in [5.74, 6) is 3.22. The number of nitrogens with one attached hydrogen (secondary N) is 1. The van der Waals surface area contributed by atoms with E-state index in [1.807, 2.05) is 39.8 Å². The minimum atomic E-state index is 0.603. The Morgan fingerprint density at radius 3 is 1.04 bits per heavy atom. The van der Waals surface area contributed by atoms with Crippen LogP contribution in [-0.4, -0.2) is 51.0 Å². The number of benzene rings is 2. The van der Waals surface area contributed by atoms with Gasteiger partial charge in [-0.1, -0.05) is 117 Å². The lowest BCUT2D eigenvalue weighted by Crippen LogP contribution is -2.32. The van der Waals surface area contributed by atoms with Gasteiger partial charge in [-0.3, -0.25) is 4.90 Å². The molecule has 0 amide bonds. The molecule has 6 heteroatoms. The zero-order valence-corrected chi connectivity index (χ0v) is 50.4. The molecule has 418 valence electrons. The Labute approximate surface area is 461 Å². The lowest BCUT2D eigenvalue weighted by Gasteiger charge is -2.22. The summed E-state index contributed by atoms with van der Waals surface area (Å²) in [5.41, 5.74) is 15.8. The second kappa shape index (κ2) is 41.4. The van der Waals surface area contributed by atoms with E-state index < -0.39 is 0 Å². The molecule has 2 aromatic rings. The van der Waals surface area contributed by atoms with Crippen LogP contribution in [0.2, 0.25) is 0 Å². The maximum atomic E-state index is 5.98. The SMILES string of the molecule is CCOc1ccc(CNCCN(C/C=C(\C)CC/C=C(\C)CC/C=C(\C)CC/C=C(\C)CC/C=C(\C)CC/C=C(\C)CC/C=C(\C)CC/C=C(\C)CCC=C(C)C)Cc2ccc(OCC)c(OCC)c2)cc1OCC. The Morgan fingerprint density at radius 1 is 0.387 bits per heavy atom. The molecule has 2 rings (SSSR count). The van der Waals surface area contributed by atoms with Crippen molar-refractivity contribution in [2.75, 3.05) is 46.1 Å². The molecule has 0 unspecified atom stereocenters. The van der Waals surface area contributed by atoms with E-state index in [0.717, 1.165) is 139 Å². The quantitative estimate of drug-likeness (QED) is 0.0529. The van der Waals surface area contributed by atoms with Gasteiger partial charge in [0, 0.05) is 32.7 Å². The van der Waals surface area contributed by atoms with E-state index >= 15 is 0 Å². The van der Waals surface area contributed by atoms with E-state index in [1.54, 1.807) is 0 Å². The van der Waals surface area contributed by atoms with Crippen LogP contribution in [0.15, 0.2) is 141 Å². The summed E-state index contributed by atoms with van der Waals surface area (Å²) in [7, 11) is 0. The van der Waals surface area contributed by atoms with Crippen LogP contribution >= 0.6 is 0 Å². The third-order valence-electron chi connectivity index (χ3n) is 13.6. The van der Waals surface area contributed by atoms with Crippen molar-refractivity contribution in [3.05, 3.63) is 152 Å². The number of nitrogens with zero attached hydrogens (tertiary/aromatic N) is 1. The molecular formula is C69H108N2O4. The van der Waals surface area contributed by atoms with Crippen molar-refractivity contribution >= 4 is 0 Å². The van der Waals surface area contributed by atoms with Gasteiger partial charge in [0.1, 0.15) is 0 Å². The first-order chi connectivity index (χ1) is 36.1. The molecule has 0 radical (unpaired) electrons. The third kappa shape index (κ3) is 33.1. The van der Waals surface area contributed by atoms with Gasteiger partial charge in [-0.2, -0.15) is 0 Å². The molecule has 1 N–H and O–H groups in total. The highest BCUT2D eigenvalue weighted by Gasteiger charge is 2.12. The average molecular weight is 1030 g/mol. The molecule has 0 heterocycles. The number of hydrogen-bond acceptors (Lipinski definition) is 6. The first-order valence-electron chi connectivity index (χ1n) is 29.2. The molecule has 0 saturated carbocycles. The van der Waals surface area contributed by atoms with E-state index in [9.17, 15) is 0 Å². The molecule has 0 bridgehead atoms. The lowest BCUT2D eigenvalue weighted by molar-refractivity contribution is 0.280. The Balaban J connectivity index is 1.77. The van der Waals surface area contributed by atoms with Crippen molar-refractivity contribution in [3.63, 3.8) is 0 Å². The maximum absolute atomic E-state index is 5.98. The van der Waals surface area contributed by atoms with Crippen LogP contribution in [0.1, 0.15) is 211 Å². The van der Waals surface area contributed by atoms with Crippen molar-refractivity contribution in [1.29, 1.82) is 0 Å². The largest absolute Gasteiger partial charge is 0.490 e. The van der Waals surface area contributed by atoms with E-state index in [2.05, 4.69) is 158 Å². The third-order valence-corrected chi connectivity index (χ3v) is 13.6. The van der Waals surface area contributed by atoms with Crippen molar-refractivity contribution in [3.8, 4) is 23.0 Å². The summed E-state index contributed by atoms with van der Waals surface area (Å²) in [4.78, 5) is 2.51. The van der Waals surface area contributed by atoms with Crippen LogP contribution in [-0.2, 0) is 13.1 Å². The highest BCUT2D eigenvalue weighted by molar-refractivity contribution is 5.44. The van der Waals surface area contributed by atoms with Crippen molar-refractivity contribution in [2.45, 2.75) is 213 Å². The Bertz CT molecular complexity index is 2190. The van der Waals surface area contributed by atoms with Gasteiger partial charge >= 0.3 is 0 Å². The molecule has 2 aromatic carbocycles. The van der Waals surface area contributed by atoms with Crippen molar-refractivity contribution < 1.29 is 18.9 Å². The topological polar surface area (TPSA) is 52.2 Å². The average Bonchev–Trinajstić information content (AvgIpc) is 3.36. The van der Waals surface area contributed by atoms with Gasteiger partial charge in [-0.05, 0) is 235 Å². The minimum absolute atomic E-state index is 0.603. The monoisotopic (exact) mass is 1030 g/mol. The van der Waals surface area contributed by atoms with Gasteiger partial charge in [-0.15, -0.1) is 0 Å². The molecule has 0 aromatic heterocycles. The van der Waals surface area contributed by atoms with Gasteiger partial charge < -0.3 is 24.3 Å². The van der Waals surface area contributed by atoms with E-state index in [0.29, 0.717) is 26.4 Å². The van der Waals surface area contributed by atoms with Crippen LogP contribution < -0.4 is 24.3 Å². The number of hydrogen-bond donors (Lipinski definition) is 1. The Morgan fingerprint density at radius 2 is 0.693 bits per heavy atom. The predicted octanol–water partition coefficient (Wildman–Crippen LogP) is 19.7. The molecule has 6 nitrogen and oxygen atoms in total. The minimum Gasteiger partial charge on any atom is -0.490 e. The number of allylic oxidation sites excluding steroid dienone is 17. The second-order valence-electron chi connectivity index (χ2n) is 21.2. The lowest BCUT2D eigenvalue weighted by atomic mass is 10.0. The Hall–Kier alpha value is -4.78. The van der Waals surface area contributed by atoms with Gasteiger partial charge in [0.05, 0.1) is 26.4 Å². The van der Waals surface area contributed by atoms with Crippen molar-refractivity contribution in [2.24, 2.45) is 0 Å². The molecule has 0 fully saturated rings. The van der Waals surface area contributed by atoms with Gasteiger partial charge in [0.25, 0.3) is 0 Å². The summed E-state index contributed by atoms with van der Waals surface area (Å²) in [6.07, 6.45) is 40.2. The van der Waals surface area contributed by atoms with Crippen LogP contribution in [0, 0.1) is 0 Å². The van der Waals surface area contributed by atoms with Crippen LogP contribution in [0.3, 0.4) is 0 Å². The standard InChI is InChI=1S/C69H108N2O4/c1-15-72-66-45-43-64(51-68(66)74-17-3)53-70-48-50-71(54-65-44-46-67(73-16-2)69(52-65)75-18-4)49-47-63(14)42-26-41-62(13)40-25-39-61(12)38-24-37-60(11)36-23-35-59(10)34-22-33-58(9)32-21-31-57(8)30-20-29-56(7)28-19-27-55(5)6/h27,29,31,33,35,37,39,41,43-47,51-52,70H,15-26,28,30,32,34,36,38,40,42,48-50,53-54H2,1-14H3/b56-29+,57-31+,58-33+,59-35+,60-37+,61-39+,62-41+,63-47+. The van der Waals surface area contributed by atoms with E-state index in [4.69, 9.17) is 18.9 Å².